The molecule has 1 unspecified atom stereocenters. The van der Waals surface area contributed by atoms with Gasteiger partial charge in [-0.3, -0.25) is 0 Å². The van der Waals surface area contributed by atoms with Crippen molar-refractivity contribution in [3.05, 3.63) is 29.6 Å². The van der Waals surface area contributed by atoms with Gasteiger partial charge < -0.3 is 10.6 Å². The highest BCUT2D eigenvalue weighted by Crippen LogP contribution is 2.32. The summed E-state index contributed by atoms with van der Waals surface area (Å²) in [5, 5.41) is 3.51. The third kappa shape index (κ3) is 1.70. The maximum absolute atomic E-state index is 6.04. The number of hydrogen-bond donors (Lipinski definition) is 1. The Kier molecular flexibility index (Phi) is 2.58. The van der Waals surface area contributed by atoms with Gasteiger partial charge in [0.1, 0.15) is 0 Å². The molecule has 1 aromatic carbocycles. The first-order chi connectivity index (χ1) is 7.84. The Morgan fingerprint density at radius 2 is 2.25 bits per heavy atom. The zero-order valence-corrected chi connectivity index (χ0v) is 10.0. The predicted molar refractivity (Wildman–Crippen MR) is 71.2 cm³/mol. The number of nitrogens with zero attached hydrogens (tertiary/aromatic N) is 1. The van der Waals surface area contributed by atoms with Crippen molar-refractivity contribution in [2.45, 2.75) is 18.9 Å². The number of rotatable bonds is 1. The van der Waals surface area contributed by atoms with Crippen molar-refractivity contribution in [2.75, 3.05) is 18.0 Å². The standard InChI is InChI=1S/C13H16N2S/c14-11-4-2-7-15(9-11)12-5-1-3-10-6-8-16-13(10)12/h1,3,5-6,8,11H,2,4,7,9,14H2. The van der Waals surface area contributed by atoms with Crippen LogP contribution in [0.4, 0.5) is 5.69 Å². The fourth-order valence-corrected chi connectivity index (χ4v) is 3.40. The lowest BCUT2D eigenvalue weighted by Gasteiger charge is -2.32. The number of piperidine rings is 1. The average molecular weight is 232 g/mol. The molecule has 3 rings (SSSR count). The quantitative estimate of drug-likeness (QED) is 0.819. The van der Waals surface area contributed by atoms with Crippen LogP contribution in [-0.4, -0.2) is 19.1 Å². The second kappa shape index (κ2) is 4.07. The van der Waals surface area contributed by atoms with Gasteiger partial charge in [-0.25, -0.2) is 0 Å². The van der Waals surface area contributed by atoms with Gasteiger partial charge in [0, 0.05) is 19.1 Å². The van der Waals surface area contributed by atoms with Gasteiger partial charge in [0.15, 0.2) is 0 Å². The number of thiophene rings is 1. The lowest BCUT2D eigenvalue weighted by Crippen LogP contribution is -2.42. The molecule has 1 saturated heterocycles. The molecule has 2 heterocycles. The third-order valence-electron chi connectivity index (χ3n) is 3.26. The van der Waals surface area contributed by atoms with Crippen molar-refractivity contribution in [3.8, 4) is 0 Å². The van der Waals surface area contributed by atoms with Gasteiger partial charge in [0.05, 0.1) is 10.4 Å². The van der Waals surface area contributed by atoms with Crippen molar-refractivity contribution in [1.29, 1.82) is 0 Å². The van der Waals surface area contributed by atoms with Crippen molar-refractivity contribution >= 4 is 27.1 Å². The van der Waals surface area contributed by atoms with Crippen molar-refractivity contribution in [2.24, 2.45) is 5.73 Å². The van der Waals surface area contributed by atoms with Crippen molar-refractivity contribution in [1.82, 2.24) is 0 Å². The third-order valence-corrected chi connectivity index (χ3v) is 4.21. The van der Waals surface area contributed by atoms with Crippen LogP contribution in [0.1, 0.15) is 12.8 Å². The first-order valence-electron chi connectivity index (χ1n) is 5.81. The first kappa shape index (κ1) is 10.1. The van der Waals surface area contributed by atoms with Gasteiger partial charge in [-0.15, -0.1) is 11.3 Å². The molecular formula is C13H16N2S. The molecule has 1 aromatic heterocycles. The summed E-state index contributed by atoms with van der Waals surface area (Å²) in [7, 11) is 0. The molecule has 0 spiro atoms. The SMILES string of the molecule is NC1CCCN(c2cccc3ccsc23)C1. The van der Waals surface area contributed by atoms with E-state index in [2.05, 4.69) is 34.5 Å². The number of benzene rings is 1. The molecule has 84 valence electrons. The molecule has 0 aliphatic carbocycles. The minimum atomic E-state index is 0.337. The monoisotopic (exact) mass is 232 g/mol. The summed E-state index contributed by atoms with van der Waals surface area (Å²) >= 11 is 1.83. The summed E-state index contributed by atoms with van der Waals surface area (Å²) in [4.78, 5) is 2.44. The molecule has 16 heavy (non-hydrogen) atoms. The summed E-state index contributed by atoms with van der Waals surface area (Å²) < 4.78 is 1.40. The van der Waals surface area contributed by atoms with Crippen LogP contribution in [0.15, 0.2) is 29.6 Å². The minimum Gasteiger partial charge on any atom is -0.369 e. The Bertz CT molecular complexity index is 491. The molecule has 0 amide bonds. The van der Waals surface area contributed by atoms with E-state index in [-0.39, 0.29) is 0 Å². The molecule has 1 aliphatic rings. The van der Waals surface area contributed by atoms with E-state index in [1.54, 1.807) is 0 Å². The number of anilines is 1. The van der Waals surface area contributed by atoms with Crippen LogP contribution in [0.25, 0.3) is 10.1 Å². The number of nitrogens with two attached hydrogens (primary N) is 1. The molecule has 1 atom stereocenters. The fourth-order valence-electron chi connectivity index (χ4n) is 2.46. The Hall–Kier alpha value is -1.06. The van der Waals surface area contributed by atoms with E-state index in [0.29, 0.717) is 6.04 Å². The smallest absolute Gasteiger partial charge is 0.0576 e. The van der Waals surface area contributed by atoms with E-state index >= 15 is 0 Å². The Labute approximate surface area is 99.7 Å². The zero-order valence-electron chi connectivity index (χ0n) is 9.23. The van der Waals surface area contributed by atoms with Gasteiger partial charge in [0.2, 0.25) is 0 Å². The van der Waals surface area contributed by atoms with Gasteiger partial charge >= 0.3 is 0 Å². The average Bonchev–Trinajstić information content (AvgIpc) is 2.76. The van der Waals surface area contributed by atoms with Gasteiger partial charge in [-0.1, -0.05) is 12.1 Å². The van der Waals surface area contributed by atoms with E-state index in [4.69, 9.17) is 5.73 Å². The van der Waals surface area contributed by atoms with Crippen LogP contribution in [-0.2, 0) is 0 Å². The van der Waals surface area contributed by atoms with Crippen LogP contribution in [0, 0.1) is 0 Å². The second-order valence-electron chi connectivity index (χ2n) is 4.46. The maximum atomic E-state index is 6.04. The Morgan fingerprint density at radius 1 is 1.31 bits per heavy atom. The lowest BCUT2D eigenvalue weighted by atomic mass is 10.1. The Balaban J connectivity index is 2.01. The molecule has 1 aliphatic heterocycles. The molecule has 0 saturated carbocycles. The summed E-state index contributed by atoms with van der Waals surface area (Å²) in [6.45, 7) is 2.14. The fraction of sp³-hybridized carbons (Fsp3) is 0.385. The maximum Gasteiger partial charge on any atom is 0.0576 e. The van der Waals surface area contributed by atoms with E-state index in [0.717, 1.165) is 19.5 Å². The minimum absolute atomic E-state index is 0.337. The van der Waals surface area contributed by atoms with Gasteiger partial charge in [0.25, 0.3) is 0 Å². The largest absolute Gasteiger partial charge is 0.369 e. The summed E-state index contributed by atoms with van der Waals surface area (Å²) in [6.07, 6.45) is 2.37. The van der Waals surface area contributed by atoms with Crippen molar-refractivity contribution < 1.29 is 0 Å². The van der Waals surface area contributed by atoms with E-state index in [1.807, 2.05) is 11.3 Å². The normalized spacial score (nSPS) is 21.6. The summed E-state index contributed by atoms with van der Waals surface area (Å²) in [6, 6.07) is 9.07. The van der Waals surface area contributed by atoms with E-state index in [9.17, 15) is 0 Å². The van der Waals surface area contributed by atoms with Crippen LogP contribution in [0.2, 0.25) is 0 Å². The number of hydrogen-bond acceptors (Lipinski definition) is 3. The topological polar surface area (TPSA) is 29.3 Å². The molecule has 0 radical (unpaired) electrons. The first-order valence-corrected chi connectivity index (χ1v) is 6.69. The van der Waals surface area contributed by atoms with E-state index in [1.165, 1.54) is 22.2 Å². The molecule has 2 nitrogen and oxygen atoms in total. The molecule has 1 fully saturated rings. The molecule has 2 N–H and O–H groups in total. The second-order valence-corrected chi connectivity index (χ2v) is 5.38. The van der Waals surface area contributed by atoms with Gasteiger partial charge in [-0.2, -0.15) is 0 Å². The van der Waals surface area contributed by atoms with Crippen LogP contribution < -0.4 is 10.6 Å². The van der Waals surface area contributed by atoms with Crippen LogP contribution in [0.5, 0.6) is 0 Å². The van der Waals surface area contributed by atoms with Crippen molar-refractivity contribution in [3.63, 3.8) is 0 Å². The van der Waals surface area contributed by atoms with Gasteiger partial charge in [-0.05, 0) is 35.7 Å². The summed E-state index contributed by atoms with van der Waals surface area (Å²) in [5.41, 5.74) is 7.41. The Morgan fingerprint density at radius 3 is 3.12 bits per heavy atom. The number of fused-ring (bicyclic) bond motifs is 1. The molecular weight excluding hydrogens is 216 g/mol. The lowest BCUT2D eigenvalue weighted by molar-refractivity contribution is 0.507. The molecule has 2 aromatic rings. The molecule has 0 bridgehead atoms. The summed E-state index contributed by atoms with van der Waals surface area (Å²) in [5.74, 6) is 0. The molecule has 3 heteroatoms. The van der Waals surface area contributed by atoms with Crippen LogP contribution in [0.3, 0.4) is 0 Å². The van der Waals surface area contributed by atoms with E-state index < -0.39 is 0 Å². The highest BCUT2D eigenvalue weighted by atomic mass is 32.1. The highest BCUT2D eigenvalue weighted by molar-refractivity contribution is 7.17. The zero-order chi connectivity index (χ0) is 11.0. The van der Waals surface area contributed by atoms with Crippen LogP contribution >= 0.6 is 11.3 Å². The predicted octanol–water partition coefficient (Wildman–Crippen LogP) is 2.83. The highest BCUT2D eigenvalue weighted by Gasteiger charge is 2.18.